The number of hydrogen-bond acceptors (Lipinski definition) is 3. The summed E-state index contributed by atoms with van der Waals surface area (Å²) in [5, 5.41) is 0. The molecule has 3 heteroatoms. The standard InChI is InChI=1S/C15H24N2O/c1-13-14(5-4-8-16-13)11-15(6-7-15)12-17(2)9-10-18-3/h4-5,8H,6-7,9-12H2,1-3H3. The maximum atomic E-state index is 5.13. The van der Waals surface area contributed by atoms with Crippen LogP contribution in [0, 0.1) is 12.3 Å². The van der Waals surface area contributed by atoms with Crippen molar-refractivity contribution in [1.82, 2.24) is 9.88 Å². The molecule has 0 atom stereocenters. The summed E-state index contributed by atoms with van der Waals surface area (Å²) in [4.78, 5) is 6.78. The van der Waals surface area contributed by atoms with Crippen molar-refractivity contribution in [3.63, 3.8) is 0 Å². The van der Waals surface area contributed by atoms with E-state index in [0.29, 0.717) is 5.41 Å². The summed E-state index contributed by atoms with van der Waals surface area (Å²) in [6.07, 6.45) is 5.74. The van der Waals surface area contributed by atoms with Crippen LogP contribution in [0.25, 0.3) is 0 Å². The third-order valence-electron chi connectivity index (χ3n) is 3.92. The smallest absolute Gasteiger partial charge is 0.0589 e. The Kier molecular flexibility index (Phi) is 4.36. The molecule has 0 amide bonds. The summed E-state index contributed by atoms with van der Waals surface area (Å²) < 4.78 is 5.13. The SMILES string of the molecule is COCCN(C)CC1(Cc2cccnc2C)CC1. The number of rotatable bonds is 7. The van der Waals surface area contributed by atoms with Crippen molar-refractivity contribution in [2.45, 2.75) is 26.2 Å². The van der Waals surface area contributed by atoms with Gasteiger partial charge in [-0.15, -0.1) is 0 Å². The second-order valence-electron chi connectivity index (χ2n) is 5.66. The number of pyridine rings is 1. The molecule has 1 aliphatic rings. The lowest BCUT2D eigenvalue weighted by Gasteiger charge is -2.24. The topological polar surface area (TPSA) is 25.4 Å². The summed E-state index contributed by atoms with van der Waals surface area (Å²) in [5.74, 6) is 0. The molecular weight excluding hydrogens is 224 g/mol. The van der Waals surface area contributed by atoms with E-state index in [4.69, 9.17) is 4.74 Å². The van der Waals surface area contributed by atoms with E-state index in [-0.39, 0.29) is 0 Å². The maximum Gasteiger partial charge on any atom is 0.0589 e. The van der Waals surface area contributed by atoms with Gasteiger partial charge < -0.3 is 9.64 Å². The summed E-state index contributed by atoms with van der Waals surface area (Å²) >= 11 is 0. The van der Waals surface area contributed by atoms with Gasteiger partial charge in [-0.2, -0.15) is 0 Å². The van der Waals surface area contributed by atoms with E-state index < -0.39 is 0 Å². The normalized spacial score (nSPS) is 17.1. The van der Waals surface area contributed by atoms with Gasteiger partial charge in [0.25, 0.3) is 0 Å². The molecule has 0 spiro atoms. The fourth-order valence-corrected chi connectivity index (χ4v) is 2.57. The second kappa shape index (κ2) is 5.81. The van der Waals surface area contributed by atoms with Crippen molar-refractivity contribution in [2.24, 2.45) is 5.41 Å². The van der Waals surface area contributed by atoms with E-state index in [1.165, 1.54) is 37.1 Å². The first-order chi connectivity index (χ1) is 8.65. The van der Waals surface area contributed by atoms with Crippen LogP contribution in [0.15, 0.2) is 18.3 Å². The molecule has 0 aromatic carbocycles. The van der Waals surface area contributed by atoms with E-state index >= 15 is 0 Å². The molecule has 2 rings (SSSR count). The molecular formula is C15H24N2O. The molecule has 1 saturated carbocycles. The van der Waals surface area contributed by atoms with Crippen molar-refractivity contribution in [3.8, 4) is 0 Å². The Morgan fingerprint density at radius 1 is 1.44 bits per heavy atom. The number of likely N-dealkylation sites (N-methyl/N-ethyl adjacent to an activating group) is 1. The number of aryl methyl sites for hydroxylation is 1. The lowest BCUT2D eigenvalue weighted by molar-refractivity contribution is 0.149. The molecule has 0 unspecified atom stereocenters. The highest BCUT2D eigenvalue weighted by Crippen LogP contribution is 2.49. The van der Waals surface area contributed by atoms with Crippen molar-refractivity contribution in [3.05, 3.63) is 29.6 Å². The molecule has 0 bridgehead atoms. The van der Waals surface area contributed by atoms with Crippen molar-refractivity contribution in [2.75, 3.05) is 33.9 Å². The van der Waals surface area contributed by atoms with Crippen LogP contribution in [0.3, 0.4) is 0 Å². The number of aromatic nitrogens is 1. The molecule has 1 aromatic heterocycles. The number of hydrogen-bond donors (Lipinski definition) is 0. The van der Waals surface area contributed by atoms with Gasteiger partial charge in [0.05, 0.1) is 6.61 Å². The lowest BCUT2D eigenvalue weighted by Crippen LogP contribution is -2.30. The molecule has 0 saturated heterocycles. The zero-order valence-corrected chi connectivity index (χ0v) is 11.8. The molecule has 1 heterocycles. The first-order valence-corrected chi connectivity index (χ1v) is 6.73. The highest BCUT2D eigenvalue weighted by molar-refractivity contribution is 5.22. The molecule has 3 nitrogen and oxygen atoms in total. The Hall–Kier alpha value is -0.930. The zero-order valence-electron chi connectivity index (χ0n) is 11.8. The first-order valence-electron chi connectivity index (χ1n) is 6.73. The van der Waals surface area contributed by atoms with Crippen molar-refractivity contribution >= 4 is 0 Å². The molecule has 1 aliphatic carbocycles. The predicted octanol–water partition coefficient (Wildman–Crippen LogP) is 2.29. The minimum atomic E-state index is 0.496. The average molecular weight is 248 g/mol. The van der Waals surface area contributed by atoms with Crippen LogP contribution in [0.5, 0.6) is 0 Å². The molecule has 100 valence electrons. The number of methoxy groups -OCH3 is 1. The van der Waals surface area contributed by atoms with Crippen LogP contribution >= 0.6 is 0 Å². The van der Waals surface area contributed by atoms with E-state index in [1.54, 1.807) is 7.11 Å². The Labute approximate surface area is 110 Å². The maximum absolute atomic E-state index is 5.13. The van der Waals surface area contributed by atoms with Gasteiger partial charge in [0.15, 0.2) is 0 Å². The van der Waals surface area contributed by atoms with Crippen LogP contribution < -0.4 is 0 Å². The van der Waals surface area contributed by atoms with Crippen LogP contribution in [-0.2, 0) is 11.2 Å². The monoisotopic (exact) mass is 248 g/mol. The van der Waals surface area contributed by atoms with Crippen molar-refractivity contribution < 1.29 is 4.74 Å². The molecule has 1 aromatic rings. The van der Waals surface area contributed by atoms with Crippen molar-refractivity contribution in [1.29, 1.82) is 0 Å². The van der Waals surface area contributed by atoms with Gasteiger partial charge in [-0.25, -0.2) is 0 Å². The summed E-state index contributed by atoms with van der Waals surface area (Å²) in [6, 6.07) is 4.27. The average Bonchev–Trinajstić information content (AvgIpc) is 3.09. The lowest BCUT2D eigenvalue weighted by atomic mass is 9.95. The van der Waals surface area contributed by atoms with Crippen LogP contribution in [-0.4, -0.2) is 43.7 Å². The summed E-state index contributed by atoms with van der Waals surface area (Å²) in [6.45, 7) is 5.12. The minimum Gasteiger partial charge on any atom is -0.383 e. The van der Waals surface area contributed by atoms with E-state index in [2.05, 4.69) is 29.9 Å². The largest absolute Gasteiger partial charge is 0.383 e. The molecule has 0 aliphatic heterocycles. The third-order valence-corrected chi connectivity index (χ3v) is 3.92. The first kappa shape index (κ1) is 13.5. The van der Waals surface area contributed by atoms with Gasteiger partial charge in [-0.3, -0.25) is 4.98 Å². The summed E-state index contributed by atoms with van der Waals surface area (Å²) in [5.41, 5.74) is 3.09. The summed E-state index contributed by atoms with van der Waals surface area (Å²) in [7, 11) is 3.95. The quantitative estimate of drug-likeness (QED) is 0.740. The Bertz CT molecular complexity index is 388. The van der Waals surface area contributed by atoms with Crippen LogP contribution in [0.4, 0.5) is 0 Å². The van der Waals surface area contributed by atoms with Gasteiger partial charge in [-0.05, 0) is 50.3 Å². The fraction of sp³-hybridized carbons (Fsp3) is 0.667. The van der Waals surface area contributed by atoms with E-state index in [1.807, 2.05) is 12.3 Å². The molecule has 0 radical (unpaired) electrons. The minimum absolute atomic E-state index is 0.496. The van der Waals surface area contributed by atoms with Crippen LogP contribution in [0.1, 0.15) is 24.1 Å². The number of ether oxygens (including phenoxy) is 1. The Morgan fingerprint density at radius 3 is 2.83 bits per heavy atom. The van der Waals surface area contributed by atoms with Crippen LogP contribution in [0.2, 0.25) is 0 Å². The molecule has 1 fully saturated rings. The molecule has 0 N–H and O–H groups in total. The Morgan fingerprint density at radius 2 is 2.22 bits per heavy atom. The number of nitrogens with zero attached hydrogens (tertiary/aromatic N) is 2. The van der Waals surface area contributed by atoms with E-state index in [9.17, 15) is 0 Å². The van der Waals surface area contributed by atoms with Gasteiger partial charge in [0.2, 0.25) is 0 Å². The van der Waals surface area contributed by atoms with Gasteiger partial charge in [-0.1, -0.05) is 6.07 Å². The molecule has 18 heavy (non-hydrogen) atoms. The third kappa shape index (κ3) is 3.53. The van der Waals surface area contributed by atoms with Gasteiger partial charge >= 0.3 is 0 Å². The second-order valence-corrected chi connectivity index (χ2v) is 5.66. The highest BCUT2D eigenvalue weighted by Gasteiger charge is 2.43. The van der Waals surface area contributed by atoms with Gasteiger partial charge in [0, 0.05) is 32.1 Å². The highest BCUT2D eigenvalue weighted by atomic mass is 16.5. The fourth-order valence-electron chi connectivity index (χ4n) is 2.57. The van der Waals surface area contributed by atoms with Gasteiger partial charge in [0.1, 0.15) is 0 Å². The predicted molar refractivity (Wildman–Crippen MR) is 73.7 cm³/mol. The zero-order chi connectivity index (χ0) is 13.0. The Balaban J connectivity index is 1.90. The van der Waals surface area contributed by atoms with E-state index in [0.717, 1.165) is 13.2 Å².